The monoisotopic (exact) mass is 249 g/mol. The number of hydrogen-bond acceptors (Lipinski definition) is 2. The maximum atomic E-state index is 11.6. The number of aliphatic hydroxyl groups excluding tert-OH is 1. The second-order valence-electron chi connectivity index (χ2n) is 5.68. The van der Waals surface area contributed by atoms with Gasteiger partial charge in [0.2, 0.25) is 5.91 Å². The predicted octanol–water partition coefficient (Wildman–Crippen LogP) is 2.28. The lowest BCUT2D eigenvalue weighted by Crippen LogP contribution is -2.41. The minimum absolute atomic E-state index is 0.0944. The van der Waals surface area contributed by atoms with Crippen molar-refractivity contribution in [3.63, 3.8) is 0 Å². The van der Waals surface area contributed by atoms with E-state index in [2.05, 4.69) is 5.32 Å². The molecular weight excluding hydrogens is 226 g/mol. The molecule has 0 heterocycles. The van der Waals surface area contributed by atoms with Crippen LogP contribution in [-0.2, 0) is 11.2 Å². The summed E-state index contributed by atoms with van der Waals surface area (Å²) in [5.74, 6) is -0.0944. The fraction of sp³-hybridized carbons (Fsp3) is 0.533. The summed E-state index contributed by atoms with van der Waals surface area (Å²) in [7, 11) is 0. The first-order valence-electron chi connectivity index (χ1n) is 6.40. The van der Waals surface area contributed by atoms with Crippen molar-refractivity contribution in [2.75, 3.05) is 0 Å². The highest BCUT2D eigenvalue weighted by atomic mass is 16.3. The van der Waals surface area contributed by atoms with Crippen molar-refractivity contribution in [2.45, 2.75) is 51.7 Å². The molecule has 2 N–H and O–H groups in total. The molecule has 0 saturated heterocycles. The lowest BCUT2D eigenvalue weighted by Gasteiger charge is -2.21. The van der Waals surface area contributed by atoms with Gasteiger partial charge in [0.15, 0.2) is 0 Å². The van der Waals surface area contributed by atoms with Crippen molar-refractivity contribution in [3.8, 4) is 0 Å². The number of carbonyl (C=O) groups excluding carboxylic acids is 1. The summed E-state index contributed by atoms with van der Waals surface area (Å²) in [4.78, 5) is 11.6. The fourth-order valence-corrected chi connectivity index (χ4v) is 1.76. The molecule has 100 valence electrons. The smallest absolute Gasteiger partial charge is 0.222 e. The van der Waals surface area contributed by atoms with Crippen molar-refractivity contribution >= 4 is 5.91 Å². The molecule has 1 unspecified atom stereocenters. The van der Waals surface area contributed by atoms with Crippen LogP contribution in [0, 0.1) is 0 Å². The number of rotatable bonds is 5. The third-order valence-electron chi connectivity index (χ3n) is 2.54. The summed E-state index contributed by atoms with van der Waals surface area (Å²) in [5, 5.41) is 12.7. The van der Waals surface area contributed by atoms with Crippen LogP contribution in [0.15, 0.2) is 30.3 Å². The summed E-state index contributed by atoms with van der Waals surface area (Å²) in [6.07, 6.45) is 1.00. The zero-order chi connectivity index (χ0) is 13.6. The third kappa shape index (κ3) is 6.40. The van der Waals surface area contributed by atoms with Gasteiger partial charge in [-0.25, -0.2) is 0 Å². The molecule has 0 fully saturated rings. The number of hydrogen-bond donors (Lipinski definition) is 2. The number of carbonyl (C=O) groups is 1. The third-order valence-corrected chi connectivity index (χ3v) is 2.54. The van der Waals surface area contributed by atoms with Gasteiger partial charge in [0.05, 0.1) is 12.5 Å². The number of aliphatic hydroxyl groups is 1. The highest BCUT2D eigenvalue weighted by Crippen LogP contribution is 2.08. The van der Waals surface area contributed by atoms with Crippen LogP contribution >= 0.6 is 0 Å². The predicted molar refractivity (Wildman–Crippen MR) is 73.3 cm³/mol. The molecule has 0 radical (unpaired) electrons. The Morgan fingerprint density at radius 1 is 1.28 bits per heavy atom. The van der Waals surface area contributed by atoms with E-state index in [1.807, 2.05) is 51.1 Å². The van der Waals surface area contributed by atoms with Crippen LogP contribution in [0.3, 0.4) is 0 Å². The maximum Gasteiger partial charge on any atom is 0.222 e. The van der Waals surface area contributed by atoms with Crippen LogP contribution in [0.2, 0.25) is 0 Å². The number of benzene rings is 1. The summed E-state index contributed by atoms with van der Waals surface area (Å²) >= 11 is 0. The standard InChI is InChI=1S/C15H23NO2/c1-15(2,3)16-14(18)11-13(17)10-9-12-7-5-4-6-8-12/h4-8,13,17H,9-11H2,1-3H3,(H,16,18). The second kappa shape index (κ2) is 6.55. The lowest BCUT2D eigenvalue weighted by atomic mass is 10.0. The van der Waals surface area contributed by atoms with Gasteiger partial charge in [-0.1, -0.05) is 30.3 Å². The van der Waals surface area contributed by atoms with Crippen molar-refractivity contribution in [1.82, 2.24) is 5.32 Å². The Morgan fingerprint density at radius 2 is 1.89 bits per heavy atom. The molecular formula is C15H23NO2. The van der Waals surface area contributed by atoms with Gasteiger partial charge in [-0.15, -0.1) is 0 Å². The lowest BCUT2D eigenvalue weighted by molar-refractivity contribution is -0.124. The van der Waals surface area contributed by atoms with E-state index in [4.69, 9.17) is 0 Å². The molecule has 0 aliphatic rings. The normalized spacial score (nSPS) is 13.1. The molecule has 1 amide bonds. The van der Waals surface area contributed by atoms with E-state index in [1.54, 1.807) is 0 Å². The molecule has 1 rings (SSSR count). The molecule has 3 heteroatoms. The molecule has 0 aromatic heterocycles. The van der Waals surface area contributed by atoms with Crippen LogP contribution < -0.4 is 5.32 Å². The molecule has 1 aromatic rings. The van der Waals surface area contributed by atoms with E-state index in [9.17, 15) is 9.90 Å². The quantitative estimate of drug-likeness (QED) is 0.841. The number of amides is 1. The topological polar surface area (TPSA) is 49.3 Å². The number of aryl methyl sites for hydroxylation is 1. The highest BCUT2D eigenvalue weighted by Gasteiger charge is 2.16. The highest BCUT2D eigenvalue weighted by molar-refractivity contribution is 5.77. The maximum absolute atomic E-state index is 11.6. The summed E-state index contributed by atoms with van der Waals surface area (Å²) in [6.45, 7) is 5.80. The van der Waals surface area contributed by atoms with E-state index in [-0.39, 0.29) is 17.9 Å². The van der Waals surface area contributed by atoms with Gasteiger partial charge in [0.1, 0.15) is 0 Å². The first kappa shape index (κ1) is 14.7. The largest absolute Gasteiger partial charge is 0.393 e. The second-order valence-corrected chi connectivity index (χ2v) is 5.68. The van der Waals surface area contributed by atoms with Crippen molar-refractivity contribution in [2.24, 2.45) is 0 Å². The molecule has 0 bridgehead atoms. The van der Waals surface area contributed by atoms with E-state index in [0.29, 0.717) is 6.42 Å². The molecule has 1 aromatic carbocycles. The van der Waals surface area contributed by atoms with Crippen LogP contribution in [0.4, 0.5) is 0 Å². The Labute approximate surface area is 109 Å². The first-order chi connectivity index (χ1) is 8.37. The van der Waals surface area contributed by atoms with Crippen LogP contribution in [-0.4, -0.2) is 22.7 Å². The Hall–Kier alpha value is -1.35. The van der Waals surface area contributed by atoms with E-state index < -0.39 is 6.10 Å². The van der Waals surface area contributed by atoms with Gasteiger partial charge in [0, 0.05) is 5.54 Å². The first-order valence-corrected chi connectivity index (χ1v) is 6.40. The molecule has 3 nitrogen and oxygen atoms in total. The van der Waals surface area contributed by atoms with Gasteiger partial charge in [0.25, 0.3) is 0 Å². The minimum atomic E-state index is -0.576. The van der Waals surface area contributed by atoms with Gasteiger partial charge in [-0.2, -0.15) is 0 Å². The SMILES string of the molecule is CC(C)(C)NC(=O)CC(O)CCc1ccccc1. The van der Waals surface area contributed by atoms with E-state index in [0.717, 1.165) is 6.42 Å². The van der Waals surface area contributed by atoms with Gasteiger partial charge >= 0.3 is 0 Å². The van der Waals surface area contributed by atoms with E-state index >= 15 is 0 Å². The Balaban J connectivity index is 2.29. The average molecular weight is 249 g/mol. The molecule has 0 spiro atoms. The summed E-state index contributed by atoms with van der Waals surface area (Å²) in [5.41, 5.74) is 0.948. The zero-order valence-corrected chi connectivity index (χ0v) is 11.4. The van der Waals surface area contributed by atoms with Gasteiger partial charge in [-0.05, 0) is 39.2 Å². The van der Waals surface area contributed by atoms with Crippen molar-refractivity contribution < 1.29 is 9.90 Å². The van der Waals surface area contributed by atoms with Crippen LogP contribution in [0.5, 0.6) is 0 Å². The summed E-state index contributed by atoms with van der Waals surface area (Å²) < 4.78 is 0. The minimum Gasteiger partial charge on any atom is -0.393 e. The van der Waals surface area contributed by atoms with Gasteiger partial charge in [-0.3, -0.25) is 4.79 Å². The Morgan fingerprint density at radius 3 is 2.44 bits per heavy atom. The van der Waals surface area contributed by atoms with Gasteiger partial charge < -0.3 is 10.4 Å². The Kier molecular flexibility index (Phi) is 5.35. The molecule has 1 atom stereocenters. The molecule has 18 heavy (non-hydrogen) atoms. The molecule has 0 saturated carbocycles. The van der Waals surface area contributed by atoms with E-state index in [1.165, 1.54) is 5.56 Å². The fourth-order valence-electron chi connectivity index (χ4n) is 1.76. The molecule has 0 aliphatic heterocycles. The average Bonchev–Trinajstić information content (AvgIpc) is 2.25. The molecule has 0 aliphatic carbocycles. The van der Waals surface area contributed by atoms with Crippen molar-refractivity contribution in [1.29, 1.82) is 0 Å². The Bertz CT molecular complexity index is 368. The van der Waals surface area contributed by atoms with Crippen molar-refractivity contribution in [3.05, 3.63) is 35.9 Å². The number of nitrogens with one attached hydrogen (secondary N) is 1. The summed E-state index contributed by atoms with van der Waals surface area (Å²) in [6, 6.07) is 9.99. The zero-order valence-electron chi connectivity index (χ0n) is 11.4. The van der Waals surface area contributed by atoms with Crippen LogP contribution in [0.25, 0.3) is 0 Å². The van der Waals surface area contributed by atoms with Crippen LogP contribution in [0.1, 0.15) is 39.2 Å².